The quantitative estimate of drug-likeness (QED) is 0.583. The highest BCUT2D eigenvalue weighted by Gasteiger charge is 2.28. The molecule has 0 aromatic carbocycles. The van der Waals surface area contributed by atoms with Crippen LogP contribution in [0.25, 0.3) is 0 Å². The summed E-state index contributed by atoms with van der Waals surface area (Å²) in [5.41, 5.74) is 0. The summed E-state index contributed by atoms with van der Waals surface area (Å²) in [6.07, 6.45) is 11.7. The first-order valence-electron chi connectivity index (χ1n) is 7.75. The fourth-order valence-electron chi connectivity index (χ4n) is 3.95. The maximum absolute atomic E-state index is 2.55. The standard InChI is InChI=1S/C15H30BN/c1-15(16)9-4-3-6-14-12-17(2)11-8-13(14)7-5-10-15/h13-14H,3-12,16H2,1-2H3. The predicted molar refractivity (Wildman–Crippen MR) is 78.3 cm³/mol. The van der Waals surface area contributed by atoms with Crippen LogP contribution in [0.5, 0.6) is 0 Å². The fraction of sp³-hybridized carbons (Fsp3) is 1.00. The molecule has 1 saturated heterocycles. The van der Waals surface area contributed by atoms with Crippen LogP contribution in [0.4, 0.5) is 0 Å². The summed E-state index contributed by atoms with van der Waals surface area (Å²) in [4.78, 5) is 2.55. The normalized spacial score (nSPS) is 41.8. The SMILES string of the molecule is BC1(C)CCCCC2CN(C)CCC2CCC1. The molecule has 2 aliphatic rings. The van der Waals surface area contributed by atoms with E-state index in [1.165, 1.54) is 64.5 Å². The van der Waals surface area contributed by atoms with Crippen LogP contribution in [-0.4, -0.2) is 32.9 Å². The monoisotopic (exact) mass is 235 g/mol. The van der Waals surface area contributed by atoms with Gasteiger partial charge in [0.25, 0.3) is 0 Å². The van der Waals surface area contributed by atoms with Crippen molar-refractivity contribution in [1.29, 1.82) is 0 Å². The van der Waals surface area contributed by atoms with Crippen LogP contribution in [0.3, 0.4) is 0 Å². The van der Waals surface area contributed by atoms with Crippen molar-refractivity contribution in [3.05, 3.63) is 0 Å². The van der Waals surface area contributed by atoms with Gasteiger partial charge in [0.15, 0.2) is 0 Å². The minimum atomic E-state index is 0.609. The van der Waals surface area contributed by atoms with Crippen LogP contribution in [0.2, 0.25) is 5.31 Å². The van der Waals surface area contributed by atoms with Crippen LogP contribution < -0.4 is 0 Å². The van der Waals surface area contributed by atoms with Gasteiger partial charge in [0.1, 0.15) is 7.85 Å². The second-order valence-corrected chi connectivity index (χ2v) is 7.37. The van der Waals surface area contributed by atoms with Gasteiger partial charge >= 0.3 is 0 Å². The van der Waals surface area contributed by atoms with Gasteiger partial charge in [0, 0.05) is 6.54 Å². The molecule has 0 aromatic heterocycles. The summed E-state index contributed by atoms with van der Waals surface area (Å²) in [5, 5.41) is 0.609. The van der Waals surface area contributed by atoms with Gasteiger partial charge in [-0.1, -0.05) is 50.8 Å². The van der Waals surface area contributed by atoms with Crippen molar-refractivity contribution < 1.29 is 0 Å². The van der Waals surface area contributed by atoms with Crippen molar-refractivity contribution in [2.24, 2.45) is 11.8 Å². The number of fused-ring (bicyclic) bond motifs is 1. The summed E-state index contributed by atoms with van der Waals surface area (Å²) in [6.45, 7) is 5.18. The van der Waals surface area contributed by atoms with Crippen LogP contribution in [0, 0.1) is 11.8 Å². The number of likely N-dealkylation sites (tertiary alicyclic amines) is 1. The fourth-order valence-corrected chi connectivity index (χ4v) is 3.95. The van der Waals surface area contributed by atoms with Gasteiger partial charge in [-0.05, 0) is 38.3 Å². The third kappa shape index (κ3) is 4.01. The van der Waals surface area contributed by atoms with E-state index in [1.54, 1.807) is 0 Å². The first kappa shape index (κ1) is 13.5. The lowest BCUT2D eigenvalue weighted by Crippen LogP contribution is -2.38. The molecule has 0 spiro atoms. The van der Waals surface area contributed by atoms with E-state index in [9.17, 15) is 0 Å². The molecule has 2 heteroatoms. The van der Waals surface area contributed by atoms with Crippen molar-refractivity contribution in [1.82, 2.24) is 4.90 Å². The predicted octanol–water partition coefficient (Wildman–Crippen LogP) is 3.11. The molecule has 17 heavy (non-hydrogen) atoms. The first-order chi connectivity index (χ1) is 8.07. The first-order valence-corrected chi connectivity index (χ1v) is 7.75. The van der Waals surface area contributed by atoms with Crippen LogP contribution in [0.1, 0.15) is 58.3 Å². The lowest BCUT2D eigenvalue weighted by atomic mass is 9.63. The van der Waals surface area contributed by atoms with E-state index < -0.39 is 0 Å². The van der Waals surface area contributed by atoms with Gasteiger partial charge in [0.05, 0.1) is 0 Å². The molecule has 2 fully saturated rings. The van der Waals surface area contributed by atoms with Crippen LogP contribution >= 0.6 is 0 Å². The van der Waals surface area contributed by atoms with Crippen molar-refractivity contribution in [2.75, 3.05) is 20.1 Å². The van der Waals surface area contributed by atoms with Gasteiger partial charge in [-0.15, -0.1) is 0 Å². The Morgan fingerprint density at radius 2 is 1.71 bits per heavy atom. The van der Waals surface area contributed by atoms with Gasteiger partial charge in [-0.25, -0.2) is 0 Å². The molecule has 0 amide bonds. The van der Waals surface area contributed by atoms with Crippen LogP contribution in [0.15, 0.2) is 0 Å². The Hall–Kier alpha value is 0.0249. The minimum absolute atomic E-state index is 0.609. The van der Waals surface area contributed by atoms with E-state index in [2.05, 4.69) is 26.7 Å². The second kappa shape index (κ2) is 5.78. The molecule has 0 N–H and O–H groups in total. The van der Waals surface area contributed by atoms with Crippen molar-refractivity contribution in [3.8, 4) is 0 Å². The maximum Gasteiger partial charge on any atom is 0.109 e. The topological polar surface area (TPSA) is 3.24 Å². The third-order valence-corrected chi connectivity index (χ3v) is 5.20. The number of piperidine rings is 1. The van der Waals surface area contributed by atoms with E-state index in [-0.39, 0.29) is 0 Å². The molecular weight excluding hydrogens is 205 g/mol. The number of rotatable bonds is 0. The molecule has 1 heterocycles. The van der Waals surface area contributed by atoms with E-state index in [0.29, 0.717) is 5.31 Å². The van der Waals surface area contributed by atoms with Gasteiger partial charge in [-0.2, -0.15) is 0 Å². The average Bonchev–Trinajstić information content (AvgIpc) is 2.27. The lowest BCUT2D eigenvalue weighted by Gasteiger charge is -2.38. The highest BCUT2D eigenvalue weighted by molar-refractivity contribution is 6.14. The summed E-state index contributed by atoms with van der Waals surface area (Å²) >= 11 is 0. The highest BCUT2D eigenvalue weighted by Crippen LogP contribution is 2.39. The zero-order valence-corrected chi connectivity index (χ0v) is 12.2. The Kier molecular flexibility index (Phi) is 4.57. The molecule has 0 radical (unpaired) electrons. The van der Waals surface area contributed by atoms with Crippen LogP contribution in [-0.2, 0) is 0 Å². The Labute approximate surface area is 109 Å². The second-order valence-electron chi connectivity index (χ2n) is 7.37. The summed E-state index contributed by atoms with van der Waals surface area (Å²) in [5.74, 6) is 2.05. The van der Waals surface area contributed by atoms with Gasteiger partial charge < -0.3 is 4.90 Å². The smallest absolute Gasteiger partial charge is 0.109 e. The zero-order valence-electron chi connectivity index (χ0n) is 12.2. The van der Waals surface area contributed by atoms with E-state index >= 15 is 0 Å². The molecule has 0 bridgehead atoms. The number of hydrogen-bond acceptors (Lipinski definition) is 1. The van der Waals surface area contributed by atoms with Crippen molar-refractivity contribution in [3.63, 3.8) is 0 Å². The molecule has 1 nitrogen and oxygen atoms in total. The highest BCUT2D eigenvalue weighted by atomic mass is 15.1. The summed E-state index contributed by atoms with van der Waals surface area (Å²) in [6, 6.07) is 0. The van der Waals surface area contributed by atoms with Crippen molar-refractivity contribution in [2.45, 2.75) is 63.6 Å². The zero-order chi connectivity index (χ0) is 12.3. The van der Waals surface area contributed by atoms with E-state index in [0.717, 1.165) is 11.8 Å². The molecule has 98 valence electrons. The largest absolute Gasteiger partial charge is 0.306 e. The number of nitrogens with zero attached hydrogens (tertiary/aromatic N) is 1. The Morgan fingerprint density at radius 1 is 1.00 bits per heavy atom. The molecule has 1 saturated carbocycles. The molecule has 0 aromatic rings. The van der Waals surface area contributed by atoms with Gasteiger partial charge in [0.2, 0.25) is 0 Å². The Morgan fingerprint density at radius 3 is 2.53 bits per heavy atom. The Bertz CT molecular complexity index is 239. The summed E-state index contributed by atoms with van der Waals surface area (Å²) in [7, 11) is 4.78. The number of hydrogen-bond donors (Lipinski definition) is 0. The van der Waals surface area contributed by atoms with Crippen molar-refractivity contribution >= 4 is 7.85 Å². The molecule has 2 rings (SSSR count). The molecule has 1 aliphatic heterocycles. The van der Waals surface area contributed by atoms with E-state index in [1.807, 2.05) is 0 Å². The maximum atomic E-state index is 2.55. The lowest BCUT2D eigenvalue weighted by molar-refractivity contribution is 0.121. The summed E-state index contributed by atoms with van der Waals surface area (Å²) < 4.78 is 0. The average molecular weight is 235 g/mol. The van der Waals surface area contributed by atoms with E-state index in [4.69, 9.17) is 0 Å². The molecule has 3 unspecified atom stereocenters. The molecular formula is C15H30BN. The molecule has 3 atom stereocenters. The Balaban J connectivity index is 1.91. The van der Waals surface area contributed by atoms with Gasteiger partial charge in [-0.3, -0.25) is 0 Å². The molecule has 1 aliphatic carbocycles. The third-order valence-electron chi connectivity index (χ3n) is 5.20. The minimum Gasteiger partial charge on any atom is -0.306 e.